The monoisotopic (exact) mass is 593 g/mol. The number of amides is 3. The molecule has 216 valence electrons. The van der Waals surface area contributed by atoms with E-state index in [9.17, 15) is 19.5 Å². The molecule has 3 amide bonds. The third kappa shape index (κ3) is 4.60. The third-order valence-electron chi connectivity index (χ3n) is 8.81. The largest absolute Gasteiger partial charge is 0.394 e. The second-order valence-corrected chi connectivity index (χ2v) is 13.0. The van der Waals surface area contributed by atoms with Crippen molar-refractivity contribution < 1.29 is 19.5 Å². The molecule has 3 heterocycles. The first-order valence-corrected chi connectivity index (χ1v) is 15.2. The van der Waals surface area contributed by atoms with Gasteiger partial charge in [-0.3, -0.25) is 14.4 Å². The van der Waals surface area contributed by atoms with Crippen molar-refractivity contribution in [3.05, 3.63) is 84.9 Å². The quantitative estimate of drug-likeness (QED) is 0.401. The number of hydrogen-bond acceptors (Lipinski definition) is 5. The van der Waals surface area contributed by atoms with Crippen molar-refractivity contribution in [3.63, 3.8) is 0 Å². The molecular formula is C32H36ClN3O4S. The Morgan fingerprint density at radius 1 is 1.10 bits per heavy atom. The molecule has 1 spiro atoms. The van der Waals surface area contributed by atoms with Crippen molar-refractivity contribution in [3.8, 4) is 0 Å². The van der Waals surface area contributed by atoms with Crippen LogP contribution >= 0.6 is 23.4 Å². The number of aliphatic hydroxyl groups excluding tert-OH is 1. The zero-order valence-electron chi connectivity index (χ0n) is 23.4. The Balaban J connectivity index is 1.62. The highest BCUT2D eigenvalue weighted by Gasteiger charge is 2.76. The molecule has 7 atom stereocenters. The maximum atomic E-state index is 14.7. The predicted octanol–water partition coefficient (Wildman–Crippen LogP) is 4.80. The molecule has 9 heteroatoms. The van der Waals surface area contributed by atoms with Gasteiger partial charge in [0.15, 0.2) is 0 Å². The predicted molar refractivity (Wildman–Crippen MR) is 165 cm³/mol. The van der Waals surface area contributed by atoms with Gasteiger partial charge in [-0.25, -0.2) is 0 Å². The van der Waals surface area contributed by atoms with E-state index in [2.05, 4.69) is 20.1 Å². The van der Waals surface area contributed by atoms with Crippen LogP contribution < -0.4 is 9.80 Å². The second-order valence-electron chi connectivity index (χ2n) is 11.1. The van der Waals surface area contributed by atoms with E-state index in [0.29, 0.717) is 23.7 Å². The number of halogens is 1. The molecule has 5 rings (SSSR count). The van der Waals surface area contributed by atoms with E-state index in [0.717, 1.165) is 5.69 Å². The van der Waals surface area contributed by atoms with Gasteiger partial charge in [-0.15, -0.1) is 24.9 Å². The normalized spacial score (nSPS) is 28.7. The van der Waals surface area contributed by atoms with Gasteiger partial charge >= 0.3 is 0 Å². The Morgan fingerprint density at radius 2 is 1.73 bits per heavy atom. The van der Waals surface area contributed by atoms with E-state index in [1.807, 2.05) is 36.4 Å². The molecule has 0 radical (unpaired) electrons. The van der Waals surface area contributed by atoms with Gasteiger partial charge in [0.25, 0.3) is 5.91 Å². The number of para-hydroxylation sites is 2. The lowest BCUT2D eigenvalue weighted by atomic mass is 9.65. The molecule has 0 aliphatic carbocycles. The molecule has 2 aromatic rings. The summed E-state index contributed by atoms with van der Waals surface area (Å²) in [4.78, 5) is 48.3. The van der Waals surface area contributed by atoms with Crippen LogP contribution in [0.1, 0.15) is 20.3 Å². The highest BCUT2D eigenvalue weighted by Crippen LogP contribution is 2.69. The van der Waals surface area contributed by atoms with Gasteiger partial charge in [0.1, 0.15) is 6.04 Å². The molecule has 41 heavy (non-hydrogen) atoms. The number of carbonyl (C=O) groups excluding carboxylic acids is 3. The van der Waals surface area contributed by atoms with Crippen molar-refractivity contribution in [2.24, 2.45) is 17.8 Å². The van der Waals surface area contributed by atoms with E-state index in [4.69, 9.17) is 11.6 Å². The number of aliphatic hydroxyl groups is 1. The minimum Gasteiger partial charge on any atom is -0.394 e. The fourth-order valence-corrected chi connectivity index (χ4v) is 9.71. The first-order chi connectivity index (χ1) is 19.7. The van der Waals surface area contributed by atoms with Gasteiger partial charge in [-0.05, 0) is 43.5 Å². The van der Waals surface area contributed by atoms with Crippen LogP contribution in [0.4, 0.5) is 11.4 Å². The Hall–Kier alpha value is -3.07. The maximum absolute atomic E-state index is 14.7. The summed E-state index contributed by atoms with van der Waals surface area (Å²) >= 11 is 8.16. The lowest BCUT2D eigenvalue weighted by molar-refractivity contribution is -0.141. The molecule has 3 fully saturated rings. The van der Waals surface area contributed by atoms with Crippen LogP contribution in [0.15, 0.2) is 79.9 Å². The summed E-state index contributed by atoms with van der Waals surface area (Å²) in [6.07, 6.45) is 4.03. The topological polar surface area (TPSA) is 81.2 Å². The molecule has 2 aromatic carbocycles. The van der Waals surface area contributed by atoms with Crippen LogP contribution in [0.3, 0.4) is 0 Å². The standard InChI is InChI=1S/C32H36ClN3O4S/c1-5-16-34(22-12-8-7-9-13-22)29(38)26-25-18-20(3)32(41-25)27(26)30(39)36(21(4)19-37)28(32)31(40)35(17-6-2)24-15-11-10-14-23(24)33/h5-15,20-21,25-28,37H,1-2,16-19H2,3-4H3/t20?,21-,25+,26-,27+,28?,32?/m1/s1. The number of carbonyl (C=O) groups is 3. The zero-order chi connectivity index (χ0) is 29.5. The van der Waals surface area contributed by atoms with Crippen molar-refractivity contribution in [2.45, 2.75) is 42.3 Å². The summed E-state index contributed by atoms with van der Waals surface area (Å²) in [5.41, 5.74) is 1.27. The molecule has 7 nitrogen and oxygen atoms in total. The lowest BCUT2D eigenvalue weighted by Gasteiger charge is -2.42. The Bertz CT molecular complexity index is 1360. The second kappa shape index (κ2) is 11.7. The van der Waals surface area contributed by atoms with Crippen molar-refractivity contribution >= 4 is 52.5 Å². The Labute approximate surface area is 250 Å². The summed E-state index contributed by atoms with van der Waals surface area (Å²) in [6, 6.07) is 15.0. The summed E-state index contributed by atoms with van der Waals surface area (Å²) in [5.74, 6) is -2.00. The van der Waals surface area contributed by atoms with Crippen LogP contribution in [-0.2, 0) is 14.4 Å². The van der Waals surface area contributed by atoms with Crippen LogP contribution in [0.5, 0.6) is 0 Å². The molecular weight excluding hydrogens is 558 g/mol. The van der Waals surface area contributed by atoms with E-state index < -0.39 is 28.7 Å². The summed E-state index contributed by atoms with van der Waals surface area (Å²) in [5, 5.41) is 10.5. The van der Waals surface area contributed by atoms with Crippen LogP contribution in [0.25, 0.3) is 0 Å². The summed E-state index contributed by atoms with van der Waals surface area (Å²) in [7, 11) is 0. The van der Waals surface area contributed by atoms with Crippen LogP contribution in [0, 0.1) is 17.8 Å². The zero-order valence-corrected chi connectivity index (χ0v) is 24.9. The molecule has 3 saturated heterocycles. The number of hydrogen-bond donors (Lipinski definition) is 1. The molecule has 3 aliphatic rings. The third-order valence-corrected chi connectivity index (χ3v) is 11.2. The van der Waals surface area contributed by atoms with Crippen molar-refractivity contribution in [2.75, 3.05) is 29.5 Å². The van der Waals surface area contributed by atoms with Gasteiger partial charge in [-0.1, -0.05) is 61.0 Å². The minimum absolute atomic E-state index is 0.0123. The number of benzene rings is 2. The van der Waals surface area contributed by atoms with Gasteiger partial charge in [-0.2, -0.15) is 0 Å². The molecule has 3 unspecified atom stereocenters. The average molecular weight is 594 g/mol. The van der Waals surface area contributed by atoms with Crippen molar-refractivity contribution in [1.29, 1.82) is 0 Å². The molecule has 0 aromatic heterocycles. The van der Waals surface area contributed by atoms with Crippen LogP contribution in [0.2, 0.25) is 5.02 Å². The van der Waals surface area contributed by atoms with Gasteiger partial charge in [0.2, 0.25) is 11.8 Å². The van der Waals surface area contributed by atoms with E-state index in [1.54, 1.807) is 63.7 Å². The fraction of sp³-hybridized carbons (Fsp3) is 0.406. The highest BCUT2D eigenvalue weighted by molar-refractivity contribution is 8.02. The maximum Gasteiger partial charge on any atom is 0.251 e. The van der Waals surface area contributed by atoms with Gasteiger partial charge < -0.3 is 19.8 Å². The van der Waals surface area contributed by atoms with Crippen LogP contribution in [-0.4, -0.2) is 69.5 Å². The summed E-state index contributed by atoms with van der Waals surface area (Å²) in [6.45, 7) is 11.7. The number of likely N-dealkylation sites (tertiary alicyclic amines) is 1. The SMILES string of the molecule is C=CCN(C(=O)[C@@H]1[C@@H]2CC(C)C3(S2)C(C(=O)N(CC=C)c2ccccc2Cl)N([C@H](C)CO)C(=O)[C@H]13)c1ccccc1. The smallest absolute Gasteiger partial charge is 0.251 e. The Kier molecular flexibility index (Phi) is 8.37. The van der Waals surface area contributed by atoms with E-state index in [-0.39, 0.29) is 42.0 Å². The number of nitrogens with zero attached hydrogens (tertiary/aromatic N) is 3. The number of thioether (sulfide) groups is 1. The van der Waals surface area contributed by atoms with Crippen molar-refractivity contribution in [1.82, 2.24) is 4.90 Å². The molecule has 0 saturated carbocycles. The fourth-order valence-electron chi connectivity index (χ4n) is 7.08. The average Bonchev–Trinajstić information content (AvgIpc) is 3.58. The molecule has 3 aliphatic heterocycles. The molecule has 2 bridgehead atoms. The lowest BCUT2D eigenvalue weighted by Crippen LogP contribution is -2.59. The number of fused-ring (bicyclic) bond motifs is 1. The summed E-state index contributed by atoms with van der Waals surface area (Å²) < 4.78 is -0.834. The first kappa shape index (κ1) is 29.4. The number of anilines is 2. The molecule has 1 N–H and O–H groups in total. The van der Waals surface area contributed by atoms with E-state index in [1.165, 1.54) is 0 Å². The number of rotatable bonds is 10. The first-order valence-electron chi connectivity index (χ1n) is 14.0. The minimum atomic E-state index is -0.884. The van der Waals surface area contributed by atoms with Gasteiger partial charge in [0, 0.05) is 24.0 Å². The Morgan fingerprint density at radius 3 is 2.37 bits per heavy atom. The highest BCUT2D eigenvalue weighted by atomic mass is 35.5. The van der Waals surface area contributed by atoms with E-state index >= 15 is 0 Å². The van der Waals surface area contributed by atoms with Gasteiger partial charge in [0.05, 0.1) is 39.9 Å².